The van der Waals surface area contributed by atoms with Crippen LogP contribution < -0.4 is 4.74 Å². The summed E-state index contributed by atoms with van der Waals surface area (Å²) in [6.07, 6.45) is -1.58. The van der Waals surface area contributed by atoms with Gasteiger partial charge in [0.2, 0.25) is 0 Å². The van der Waals surface area contributed by atoms with Crippen molar-refractivity contribution in [2.45, 2.75) is 13.3 Å². The lowest BCUT2D eigenvalue weighted by Gasteiger charge is -2.11. The van der Waals surface area contributed by atoms with E-state index in [1.807, 2.05) is 13.0 Å². The highest BCUT2D eigenvalue weighted by molar-refractivity contribution is 5.67. The van der Waals surface area contributed by atoms with E-state index < -0.39 is 12.1 Å². The molecule has 0 amide bonds. The van der Waals surface area contributed by atoms with Crippen LogP contribution in [0.3, 0.4) is 0 Å². The van der Waals surface area contributed by atoms with Crippen molar-refractivity contribution in [3.63, 3.8) is 0 Å². The molecule has 1 aromatic heterocycles. The monoisotopic (exact) mass is 278 g/mol. The highest BCUT2D eigenvalue weighted by Crippen LogP contribution is 2.30. The minimum absolute atomic E-state index is 0.179. The van der Waals surface area contributed by atoms with Gasteiger partial charge in [-0.15, -0.1) is 13.2 Å². The van der Waals surface area contributed by atoms with Crippen LogP contribution in [0, 0.1) is 18.3 Å². The lowest BCUT2D eigenvalue weighted by molar-refractivity contribution is -0.274. The predicted octanol–water partition coefficient (Wildman–Crippen LogP) is 3.83. The predicted molar refractivity (Wildman–Crippen MR) is 65.8 cm³/mol. The van der Waals surface area contributed by atoms with Crippen molar-refractivity contribution in [2.75, 3.05) is 0 Å². The van der Waals surface area contributed by atoms with Crippen LogP contribution in [0.25, 0.3) is 11.1 Å². The molecule has 0 saturated carbocycles. The van der Waals surface area contributed by atoms with Gasteiger partial charge in [-0.2, -0.15) is 5.26 Å². The van der Waals surface area contributed by atoms with Crippen molar-refractivity contribution in [1.82, 2.24) is 4.98 Å². The summed E-state index contributed by atoms with van der Waals surface area (Å²) in [5.41, 5.74) is 2.06. The molecular weight excluding hydrogens is 269 g/mol. The first-order valence-corrected chi connectivity index (χ1v) is 5.61. The number of pyridine rings is 1. The SMILES string of the molecule is Cc1cncc(-c2ccc(OC(F)(F)F)c(C#N)c2)c1. The molecule has 102 valence electrons. The Morgan fingerprint density at radius 1 is 1.15 bits per heavy atom. The molecule has 0 spiro atoms. The van der Waals surface area contributed by atoms with Gasteiger partial charge in [0.15, 0.2) is 0 Å². The lowest BCUT2D eigenvalue weighted by atomic mass is 10.0. The van der Waals surface area contributed by atoms with Crippen LogP contribution in [0.1, 0.15) is 11.1 Å². The number of halogens is 3. The number of aromatic nitrogens is 1. The maximum absolute atomic E-state index is 12.2. The second kappa shape index (κ2) is 5.21. The van der Waals surface area contributed by atoms with Crippen LogP contribution in [0.5, 0.6) is 5.75 Å². The van der Waals surface area contributed by atoms with E-state index in [-0.39, 0.29) is 5.56 Å². The zero-order chi connectivity index (χ0) is 14.8. The minimum Gasteiger partial charge on any atom is -0.404 e. The number of benzene rings is 1. The maximum atomic E-state index is 12.2. The fraction of sp³-hybridized carbons (Fsp3) is 0.143. The van der Waals surface area contributed by atoms with Gasteiger partial charge >= 0.3 is 6.36 Å². The van der Waals surface area contributed by atoms with Crippen molar-refractivity contribution in [2.24, 2.45) is 0 Å². The maximum Gasteiger partial charge on any atom is 0.573 e. The van der Waals surface area contributed by atoms with Gasteiger partial charge in [0.25, 0.3) is 0 Å². The highest BCUT2D eigenvalue weighted by atomic mass is 19.4. The summed E-state index contributed by atoms with van der Waals surface area (Å²) >= 11 is 0. The van der Waals surface area contributed by atoms with Crippen LogP contribution in [0.2, 0.25) is 0 Å². The topological polar surface area (TPSA) is 45.9 Å². The van der Waals surface area contributed by atoms with Gasteiger partial charge in [0, 0.05) is 18.0 Å². The van der Waals surface area contributed by atoms with E-state index in [9.17, 15) is 13.2 Å². The van der Waals surface area contributed by atoms with Gasteiger partial charge in [-0.1, -0.05) is 6.07 Å². The number of nitriles is 1. The van der Waals surface area contributed by atoms with Crippen molar-refractivity contribution >= 4 is 0 Å². The molecule has 2 aromatic rings. The summed E-state index contributed by atoms with van der Waals surface area (Å²) in [6, 6.07) is 7.45. The molecule has 0 bridgehead atoms. The molecule has 0 radical (unpaired) electrons. The van der Waals surface area contributed by atoms with Gasteiger partial charge in [-0.3, -0.25) is 4.98 Å². The molecular formula is C14H9F3N2O. The number of aryl methyl sites for hydroxylation is 1. The standard InChI is InChI=1S/C14H9F3N2O/c1-9-4-12(8-19-7-9)10-2-3-13(11(5-10)6-18)20-14(15,16)17/h2-5,7-8H,1H3. The van der Waals surface area contributed by atoms with Gasteiger partial charge in [0.1, 0.15) is 11.8 Å². The van der Waals surface area contributed by atoms with E-state index in [2.05, 4.69) is 9.72 Å². The van der Waals surface area contributed by atoms with Crippen LogP contribution in [0.4, 0.5) is 13.2 Å². The summed E-state index contributed by atoms with van der Waals surface area (Å²) in [4.78, 5) is 4.00. The quantitative estimate of drug-likeness (QED) is 0.838. The third-order valence-corrected chi connectivity index (χ3v) is 2.53. The first kappa shape index (κ1) is 13.9. The molecule has 0 aliphatic carbocycles. The van der Waals surface area contributed by atoms with E-state index in [0.29, 0.717) is 5.56 Å². The Hall–Kier alpha value is -2.55. The van der Waals surface area contributed by atoms with Crippen molar-refractivity contribution in [3.05, 3.63) is 47.8 Å². The zero-order valence-corrected chi connectivity index (χ0v) is 10.4. The van der Waals surface area contributed by atoms with E-state index in [0.717, 1.165) is 17.2 Å². The van der Waals surface area contributed by atoms with E-state index in [4.69, 9.17) is 5.26 Å². The summed E-state index contributed by atoms with van der Waals surface area (Å²) in [6.45, 7) is 1.85. The third-order valence-electron chi connectivity index (χ3n) is 2.53. The number of hydrogen-bond acceptors (Lipinski definition) is 3. The molecule has 6 heteroatoms. The van der Waals surface area contributed by atoms with Crippen LogP contribution >= 0.6 is 0 Å². The molecule has 0 unspecified atom stereocenters. The second-order valence-corrected chi connectivity index (χ2v) is 4.12. The lowest BCUT2D eigenvalue weighted by Crippen LogP contribution is -2.17. The third kappa shape index (κ3) is 3.26. The van der Waals surface area contributed by atoms with E-state index >= 15 is 0 Å². The van der Waals surface area contributed by atoms with Gasteiger partial charge in [-0.25, -0.2) is 0 Å². The molecule has 0 saturated heterocycles. The van der Waals surface area contributed by atoms with E-state index in [1.165, 1.54) is 12.1 Å². The first-order chi connectivity index (χ1) is 9.39. The van der Waals surface area contributed by atoms with Gasteiger partial charge in [0.05, 0.1) is 5.56 Å². The smallest absolute Gasteiger partial charge is 0.404 e. The average Bonchev–Trinajstić information content (AvgIpc) is 2.37. The first-order valence-electron chi connectivity index (χ1n) is 5.61. The number of alkyl halides is 3. The fourth-order valence-corrected chi connectivity index (χ4v) is 1.72. The summed E-state index contributed by atoms with van der Waals surface area (Å²) in [7, 11) is 0. The molecule has 20 heavy (non-hydrogen) atoms. The van der Waals surface area contributed by atoms with Crippen LogP contribution in [0.15, 0.2) is 36.7 Å². The molecule has 0 atom stereocenters. The Morgan fingerprint density at radius 2 is 1.90 bits per heavy atom. The highest BCUT2D eigenvalue weighted by Gasteiger charge is 2.32. The average molecular weight is 278 g/mol. The number of rotatable bonds is 2. The van der Waals surface area contributed by atoms with Crippen molar-refractivity contribution in [3.8, 4) is 22.9 Å². The Kier molecular flexibility index (Phi) is 3.61. The van der Waals surface area contributed by atoms with Crippen molar-refractivity contribution < 1.29 is 17.9 Å². The molecule has 0 fully saturated rings. The largest absolute Gasteiger partial charge is 0.573 e. The summed E-state index contributed by atoms with van der Waals surface area (Å²) in [5.74, 6) is -0.510. The summed E-state index contributed by atoms with van der Waals surface area (Å²) in [5, 5.41) is 8.93. The normalized spacial score (nSPS) is 10.9. The van der Waals surface area contributed by atoms with E-state index in [1.54, 1.807) is 18.5 Å². The number of ether oxygens (including phenoxy) is 1. The Bertz CT molecular complexity index is 675. The molecule has 3 nitrogen and oxygen atoms in total. The Morgan fingerprint density at radius 3 is 2.50 bits per heavy atom. The van der Waals surface area contributed by atoms with Crippen LogP contribution in [-0.2, 0) is 0 Å². The zero-order valence-electron chi connectivity index (χ0n) is 10.4. The fourth-order valence-electron chi connectivity index (χ4n) is 1.72. The molecule has 2 rings (SSSR count). The minimum atomic E-state index is -4.82. The second-order valence-electron chi connectivity index (χ2n) is 4.12. The molecule has 0 aliphatic heterocycles. The molecule has 0 N–H and O–H groups in total. The molecule has 1 heterocycles. The van der Waals surface area contributed by atoms with Crippen LogP contribution in [-0.4, -0.2) is 11.3 Å². The Labute approximate surface area is 113 Å². The van der Waals surface area contributed by atoms with Crippen molar-refractivity contribution in [1.29, 1.82) is 5.26 Å². The molecule has 1 aromatic carbocycles. The molecule has 0 aliphatic rings. The van der Waals surface area contributed by atoms with Gasteiger partial charge in [-0.05, 0) is 36.2 Å². The Balaban J connectivity index is 2.42. The summed E-state index contributed by atoms with van der Waals surface area (Å²) < 4.78 is 40.4. The number of hydrogen-bond donors (Lipinski definition) is 0. The van der Waals surface area contributed by atoms with Gasteiger partial charge < -0.3 is 4.74 Å². The number of nitrogens with zero attached hydrogens (tertiary/aromatic N) is 2.